The molecule has 0 bridgehead atoms. The average Bonchev–Trinajstić information content (AvgIpc) is 2.90. The van der Waals surface area contributed by atoms with Crippen LogP contribution in [0.3, 0.4) is 0 Å². The summed E-state index contributed by atoms with van der Waals surface area (Å²) >= 11 is 3.46. The van der Waals surface area contributed by atoms with Crippen molar-refractivity contribution in [2.24, 2.45) is 0 Å². The maximum atomic E-state index is 12.2. The van der Waals surface area contributed by atoms with E-state index in [9.17, 15) is 4.79 Å². The first kappa shape index (κ1) is 14.3. The third-order valence-corrected chi connectivity index (χ3v) is 4.74. The molecule has 0 fully saturated rings. The van der Waals surface area contributed by atoms with Gasteiger partial charge >= 0.3 is 0 Å². The second kappa shape index (κ2) is 5.64. The molecule has 1 heterocycles. The van der Waals surface area contributed by atoms with Gasteiger partial charge in [-0.2, -0.15) is 5.10 Å². The Morgan fingerprint density at radius 2 is 2.10 bits per heavy atom. The summed E-state index contributed by atoms with van der Waals surface area (Å²) in [7, 11) is 1.66. The van der Waals surface area contributed by atoms with Crippen LogP contribution in [0.2, 0.25) is 0 Å². The fourth-order valence-corrected chi connectivity index (χ4v) is 3.64. The molecule has 110 valence electrons. The van der Waals surface area contributed by atoms with Crippen molar-refractivity contribution in [1.82, 2.24) is 9.78 Å². The summed E-state index contributed by atoms with van der Waals surface area (Å²) in [4.78, 5) is 12.1. The second-order valence-corrected chi connectivity index (χ2v) is 6.52. The molecule has 0 radical (unpaired) electrons. The number of benzene rings is 1. The molecule has 1 aromatic carbocycles. The minimum Gasteiger partial charge on any atom is -0.497 e. The highest BCUT2D eigenvalue weighted by Crippen LogP contribution is 2.34. The summed E-state index contributed by atoms with van der Waals surface area (Å²) in [6.07, 6.45) is 2.52. The molecule has 0 saturated carbocycles. The standard InChI is InChI=1S/C16H17BrN2O2/c1-10-7-14(17)16(20)13-8-18-19(15(10)13)9-11-3-5-12(21-2)6-4-11/h3-6,8,10,14H,7,9H2,1-2H3. The average molecular weight is 349 g/mol. The number of carbonyl (C=O) groups is 1. The lowest BCUT2D eigenvalue weighted by Crippen LogP contribution is -2.25. The van der Waals surface area contributed by atoms with Gasteiger partial charge in [-0.3, -0.25) is 9.48 Å². The quantitative estimate of drug-likeness (QED) is 0.798. The summed E-state index contributed by atoms with van der Waals surface area (Å²) in [5.41, 5.74) is 2.94. The highest BCUT2D eigenvalue weighted by molar-refractivity contribution is 9.10. The number of halogens is 1. The second-order valence-electron chi connectivity index (χ2n) is 5.42. The molecular formula is C16H17BrN2O2. The van der Waals surface area contributed by atoms with Crippen molar-refractivity contribution < 1.29 is 9.53 Å². The monoisotopic (exact) mass is 348 g/mol. The lowest BCUT2D eigenvalue weighted by atomic mass is 9.88. The van der Waals surface area contributed by atoms with Gasteiger partial charge < -0.3 is 4.74 Å². The molecule has 1 aliphatic rings. The normalized spacial score (nSPS) is 21.2. The molecule has 0 N–H and O–H groups in total. The number of carbonyl (C=O) groups excluding carboxylic acids is 1. The molecule has 1 aliphatic carbocycles. The van der Waals surface area contributed by atoms with Crippen LogP contribution in [0, 0.1) is 0 Å². The van der Waals surface area contributed by atoms with Crippen molar-refractivity contribution in [2.75, 3.05) is 7.11 Å². The van der Waals surface area contributed by atoms with E-state index < -0.39 is 0 Å². The number of alkyl halides is 1. The fourth-order valence-electron chi connectivity index (χ4n) is 2.83. The van der Waals surface area contributed by atoms with Crippen LogP contribution in [0.4, 0.5) is 0 Å². The van der Waals surface area contributed by atoms with Gasteiger partial charge in [0.05, 0.1) is 35.9 Å². The van der Waals surface area contributed by atoms with E-state index in [0.29, 0.717) is 12.5 Å². The summed E-state index contributed by atoms with van der Waals surface area (Å²) in [6.45, 7) is 2.82. The molecule has 2 aromatic rings. The summed E-state index contributed by atoms with van der Waals surface area (Å²) in [5.74, 6) is 1.30. The molecule has 1 aromatic heterocycles. The van der Waals surface area contributed by atoms with Crippen molar-refractivity contribution in [3.8, 4) is 5.75 Å². The van der Waals surface area contributed by atoms with E-state index in [1.165, 1.54) is 0 Å². The van der Waals surface area contributed by atoms with Gasteiger partial charge in [-0.25, -0.2) is 0 Å². The van der Waals surface area contributed by atoms with Crippen molar-refractivity contribution in [3.05, 3.63) is 47.3 Å². The van der Waals surface area contributed by atoms with Crippen LogP contribution < -0.4 is 4.74 Å². The lowest BCUT2D eigenvalue weighted by molar-refractivity contribution is 0.0976. The number of hydrogen-bond donors (Lipinski definition) is 0. The SMILES string of the molecule is COc1ccc(Cn2ncc3c2C(C)CC(Br)C3=O)cc1. The molecule has 4 nitrogen and oxygen atoms in total. The lowest BCUT2D eigenvalue weighted by Gasteiger charge is -2.23. The molecular weight excluding hydrogens is 332 g/mol. The van der Waals surface area contributed by atoms with E-state index in [4.69, 9.17) is 4.74 Å². The Morgan fingerprint density at radius 1 is 1.38 bits per heavy atom. The maximum Gasteiger partial charge on any atom is 0.179 e. The van der Waals surface area contributed by atoms with Crippen molar-refractivity contribution in [3.63, 3.8) is 0 Å². The topological polar surface area (TPSA) is 44.1 Å². The van der Waals surface area contributed by atoms with E-state index in [1.54, 1.807) is 13.3 Å². The van der Waals surface area contributed by atoms with Gasteiger partial charge in [0.1, 0.15) is 5.75 Å². The maximum absolute atomic E-state index is 12.2. The number of ether oxygens (including phenoxy) is 1. The van der Waals surface area contributed by atoms with E-state index in [-0.39, 0.29) is 10.6 Å². The Labute approximate surface area is 132 Å². The number of ketones is 1. The molecule has 0 saturated heterocycles. The van der Waals surface area contributed by atoms with E-state index in [2.05, 4.69) is 28.0 Å². The van der Waals surface area contributed by atoms with Crippen LogP contribution in [-0.4, -0.2) is 27.5 Å². The van der Waals surface area contributed by atoms with Gasteiger partial charge in [0.15, 0.2) is 5.78 Å². The van der Waals surface area contributed by atoms with E-state index >= 15 is 0 Å². The minimum atomic E-state index is -0.0846. The first-order valence-electron chi connectivity index (χ1n) is 6.97. The van der Waals surface area contributed by atoms with E-state index in [0.717, 1.165) is 29.0 Å². The smallest absolute Gasteiger partial charge is 0.179 e. The zero-order chi connectivity index (χ0) is 15.0. The van der Waals surface area contributed by atoms with E-state index in [1.807, 2.05) is 28.9 Å². The first-order valence-corrected chi connectivity index (χ1v) is 7.88. The number of Topliss-reactive ketones (excluding diaryl/α,β-unsaturated/α-hetero) is 1. The molecule has 21 heavy (non-hydrogen) atoms. The predicted octanol–water partition coefficient (Wildman–Crippen LogP) is 3.39. The highest BCUT2D eigenvalue weighted by Gasteiger charge is 2.33. The number of aromatic nitrogens is 2. The largest absolute Gasteiger partial charge is 0.497 e. The Balaban J connectivity index is 1.90. The number of rotatable bonds is 3. The number of nitrogens with zero attached hydrogens (tertiary/aromatic N) is 2. The molecule has 0 aliphatic heterocycles. The van der Waals surface area contributed by atoms with Crippen molar-refractivity contribution >= 4 is 21.7 Å². The third-order valence-electron chi connectivity index (χ3n) is 3.95. The van der Waals surface area contributed by atoms with Gasteiger partial charge in [-0.15, -0.1) is 0 Å². The Morgan fingerprint density at radius 3 is 2.76 bits per heavy atom. The van der Waals surface area contributed by atoms with Crippen molar-refractivity contribution in [1.29, 1.82) is 0 Å². The molecule has 3 rings (SSSR count). The fraction of sp³-hybridized carbons (Fsp3) is 0.375. The number of methoxy groups -OCH3 is 1. The molecule has 2 unspecified atom stereocenters. The predicted molar refractivity (Wildman–Crippen MR) is 84.4 cm³/mol. The zero-order valence-electron chi connectivity index (χ0n) is 12.0. The highest BCUT2D eigenvalue weighted by atomic mass is 79.9. The summed E-state index contributed by atoms with van der Waals surface area (Å²) in [5, 5.41) is 4.41. The van der Waals surface area contributed by atoms with Gasteiger partial charge in [-0.1, -0.05) is 35.0 Å². The molecule has 2 atom stereocenters. The van der Waals surface area contributed by atoms with Crippen LogP contribution in [-0.2, 0) is 6.54 Å². The van der Waals surface area contributed by atoms with Crippen molar-refractivity contribution in [2.45, 2.75) is 30.6 Å². The van der Waals surface area contributed by atoms with Gasteiger partial charge in [0, 0.05) is 5.92 Å². The third kappa shape index (κ3) is 2.62. The van der Waals surface area contributed by atoms with Crippen LogP contribution in [0.1, 0.15) is 40.9 Å². The molecule has 5 heteroatoms. The summed E-state index contributed by atoms with van der Waals surface area (Å²) in [6, 6.07) is 7.92. The van der Waals surface area contributed by atoms with Gasteiger partial charge in [-0.05, 0) is 24.1 Å². The molecule has 0 amide bonds. The van der Waals surface area contributed by atoms with Crippen LogP contribution in [0.25, 0.3) is 0 Å². The van der Waals surface area contributed by atoms with Gasteiger partial charge in [0.2, 0.25) is 0 Å². The zero-order valence-corrected chi connectivity index (χ0v) is 13.6. The number of hydrogen-bond acceptors (Lipinski definition) is 3. The Hall–Kier alpha value is -1.62. The molecule has 0 spiro atoms. The van der Waals surface area contributed by atoms with Gasteiger partial charge in [0.25, 0.3) is 0 Å². The van der Waals surface area contributed by atoms with Crippen LogP contribution >= 0.6 is 15.9 Å². The minimum absolute atomic E-state index is 0.0846. The van der Waals surface area contributed by atoms with Crippen LogP contribution in [0.15, 0.2) is 30.5 Å². The Bertz CT molecular complexity index is 663. The Kier molecular flexibility index (Phi) is 3.85. The van der Waals surface area contributed by atoms with Crippen LogP contribution in [0.5, 0.6) is 5.75 Å². The number of fused-ring (bicyclic) bond motifs is 1. The first-order chi connectivity index (χ1) is 10.1. The summed E-state index contributed by atoms with van der Waals surface area (Å²) < 4.78 is 7.11.